The minimum Gasteiger partial charge on any atom is -0.376 e. The normalized spacial score (nSPS) is 27.2. The van der Waals surface area contributed by atoms with Crippen LogP contribution < -0.4 is 4.90 Å². The molecule has 0 N–H and O–H groups in total. The highest BCUT2D eigenvalue weighted by molar-refractivity contribution is 6.10. The number of carbonyl (C=O) groups excluding carboxylic acids is 1. The Kier molecular flexibility index (Phi) is 6.57. The average molecular weight is 505 g/mol. The molecule has 0 bridgehead atoms. The van der Waals surface area contributed by atoms with E-state index in [9.17, 15) is 4.79 Å². The lowest BCUT2D eigenvalue weighted by atomic mass is 9.78. The number of piperazine rings is 1. The van der Waals surface area contributed by atoms with Crippen LogP contribution in [0, 0.1) is 11.8 Å². The Morgan fingerprint density at radius 2 is 1.97 bits per heavy atom. The van der Waals surface area contributed by atoms with Crippen molar-refractivity contribution in [2.75, 3.05) is 57.8 Å². The van der Waals surface area contributed by atoms with Crippen molar-refractivity contribution in [3.63, 3.8) is 0 Å². The maximum absolute atomic E-state index is 12.5. The maximum atomic E-state index is 12.5. The topological polar surface area (TPSA) is 65.7 Å². The fraction of sp³-hybridized carbons (Fsp3) is 0.621. The highest BCUT2D eigenvalue weighted by Gasteiger charge is 2.42. The Balaban J connectivity index is 1.17. The summed E-state index contributed by atoms with van der Waals surface area (Å²) in [6.07, 6.45) is 12.8. The van der Waals surface area contributed by atoms with E-state index in [-0.39, 0.29) is 11.5 Å². The number of fused-ring (bicyclic) bond motifs is 1. The van der Waals surface area contributed by atoms with E-state index in [2.05, 4.69) is 59.2 Å². The van der Waals surface area contributed by atoms with Gasteiger partial charge in [0.2, 0.25) is 5.91 Å². The lowest BCUT2D eigenvalue weighted by Crippen LogP contribution is -2.56. The Morgan fingerprint density at radius 3 is 2.65 bits per heavy atom. The van der Waals surface area contributed by atoms with E-state index in [1.165, 1.54) is 5.69 Å². The van der Waals surface area contributed by atoms with Crippen molar-refractivity contribution in [3.8, 4) is 0 Å². The van der Waals surface area contributed by atoms with E-state index in [1.54, 1.807) is 0 Å². The summed E-state index contributed by atoms with van der Waals surface area (Å²) in [5.41, 5.74) is 4.20. The fourth-order valence-electron chi connectivity index (χ4n) is 6.36. The van der Waals surface area contributed by atoms with Crippen LogP contribution in [0.2, 0.25) is 0 Å². The number of allylic oxidation sites excluding steroid dienone is 1. The summed E-state index contributed by atoms with van der Waals surface area (Å²) in [5.74, 6) is 0.927. The van der Waals surface area contributed by atoms with E-state index >= 15 is 0 Å². The van der Waals surface area contributed by atoms with Crippen molar-refractivity contribution in [3.05, 3.63) is 42.2 Å². The number of aromatic nitrogens is 2. The molecule has 2 aromatic rings. The zero-order chi connectivity index (χ0) is 25.6. The fourth-order valence-corrected chi connectivity index (χ4v) is 6.36. The summed E-state index contributed by atoms with van der Waals surface area (Å²) in [7, 11) is 1.87. The summed E-state index contributed by atoms with van der Waals surface area (Å²) < 4.78 is 8.17. The number of anilines is 1. The Labute approximate surface area is 220 Å². The Morgan fingerprint density at radius 1 is 1.16 bits per heavy atom. The molecule has 0 aromatic carbocycles. The molecule has 1 saturated carbocycles. The number of hydrogen-bond acceptors (Lipinski definition) is 6. The van der Waals surface area contributed by atoms with Crippen molar-refractivity contribution < 1.29 is 9.53 Å². The number of piperidine rings is 1. The first kappa shape index (κ1) is 24.6. The largest absolute Gasteiger partial charge is 0.376 e. The maximum Gasteiger partial charge on any atom is 0.225 e. The second kappa shape index (κ2) is 9.87. The molecular formula is C29H40N6O2. The van der Waals surface area contributed by atoms with E-state index in [4.69, 9.17) is 9.73 Å². The molecule has 2 saturated heterocycles. The van der Waals surface area contributed by atoms with Crippen molar-refractivity contribution in [2.24, 2.45) is 16.8 Å². The highest BCUT2D eigenvalue weighted by Crippen LogP contribution is 2.36. The minimum atomic E-state index is -0.169. The third kappa shape index (κ3) is 4.70. The van der Waals surface area contributed by atoms with Crippen LogP contribution in [0.15, 0.2) is 41.7 Å². The van der Waals surface area contributed by atoms with Gasteiger partial charge in [0, 0.05) is 82.2 Å². The molecule has 4 aliphatic rings. The lowest BCUT2D eigenvalue weighted by molar-refractivity contribution is -0.132. The molecule has 6 rings (SSSR count). The van der Waals surface area contributed by atoms with E-state index < -0.39 is 0 Å². The van der Waals surface area contributed by atoms with Crippen LogP contribution in [0.4, 0.5) is 5.69 Å². The number of likely N-dealkylation sites (tertiary alicyclic amines) is 1. The van der Waals surface area contributed by atoms with Gasteiger partial charge in [0.25, 0.3) is 0 Å². The standard InChI is InChI=1S/C29H40N6O2/c1-21(2)34-12-4-10-29(20-34,37-3)24-7-8-25(30-18-24)23-17-27-26(9-11-31-35(27)19-23)32-13-15-33(16-14-32)28(36)22-5-6-22/h7-9,11,17,19,21-22,24H,4-6,10,12-16,18,20H2,1-3H3/t24?,29-/m0/s1. The number of rotatable bonds is 6. The van der Waals surface area contributed by atoms with Crippen molar-refractivity contribution >= 4 is 22.8 Å². The Hall–Kier alpha value is -2.71. The number of hydrogen-bond donors (Lipinski definition) is 0. The van der Waals surface area contributed by atoms with Crippen LogP contribution in [0.5, 0.6) is 0 Å². The molecule has 8 heteroatoms. The van der Waals surface area contributed by atoms with Crippen LogP contribution in [-0.4, -0.2) is 95.6 Å². The second-order valence-corrected chi connectivity index (χ2v) is 11.5. The number of dihydropyridines is 1. The summed E-state index contributed by atoms with van der Waals surface area (Å²) in [6.45, 7) is 10.7. The van der Waals surface area contributed by atoms with Gasteiger partial charge in [-0.05, 0) is 64.3 Å². The van der Waals surface area contributed by atoms with Gasteiger partial charge in [0.15, 0.2) is 0 Å². The number of nitrogens with zero attached hydrogens (tertiary/aromatic N) is 6. The summed E-state index contributed by atoms with van der Waals surface area (Å²) >= 11 is 0. The molecule has 1 aliphatic carbocycles. The number of methoxy groups -OCH3 is 1. The molecule has 5 heterocycles. The first-order chi connectivity index (χ1) is 18.0. The Bertz CT molecular complexity index is 1210. The van der Waals surface area contributed by atoms with Crippen LogP contribution in [0.25, 0.3) is 5.52 Å². The summed E-state index contributed by atoms with van der Waals surface area (Å²) in [4.78, 5) is 24.5. The SMILES string of the molecule is CO[C@@]1(C2C=CC(c3cc4c(N5CCN(C(=O)C6CC6)CC5)ccnn4c3)=NC2)CCCN(C(C)C)C1. The van der Waals surface area contributed by atoms with E-state index in [1.807, 2.05) is 22.7 Å². The molecule has 37 heavy (non-hydrogen) atoms. The molecule has 2 atom stereocenters. The number of amides is 1. The molecule has 0 spiro atoms. The summed E-state index contributed by atoms with van der Waals surface area (Å²) in [5, 5.41) is 4.59. The number of aliphatic imine (C=N–C) groups is 1. The monoisotopic (exact) mass is 504 g/mol. The predicted molar refractivity (Wildman–Crippen MR) is 146 cm³/mol. The molecule has 3 fully saturated rings. The molecule has 8 nitrogen and oxygen atoms in total. The molecule has 0 radical (unpaired) electrons. The van der Waals surface area contributed by atoms with Gasteiger partial charge in [0.05, 0.1) is 22.5 Å². The molecule has 198 valence electrons. The number of carbonyl (C=O) groups is 1. The molecule has 1 amide bonds. The van der Waals surface area contributed by atoms with Gasteiger partial charge in [-0.3, -0.25) is 14.7 Å². The second-order valence-electron chi connectivity index (χ2n) is 11.5. The van der Waals surface area contributed by atoms with Gasteiger partial charge in [-0.2, -0.15) is 5.10 Å². The first-order valence-corrected chi connectivity index (χ1v) is 14.0. The van der Waals surface area contributed by atoms with Crippen LogP contribution in [0.3, 0.4) is 0 Å². The lowest BCUT2D eigenvalue weighted by Gasteiger charge is -2.47. The van der Waals surface area contributed by atoms with Crippen molar-refractivity contribution in [1.29, 1.82) is 0 Å². The quantitative estimate of drug-likeness (QED) is 0.604. The third-order valence-electron chi connectivity index (χ3n) is 8.91. The van der Waals surface area contributed by atoms with E-state index in [0.717, 1.165) is 88.3 Å². The molecule has 3 aliphatic heterocycles. The van der Waals surface area contributed by atoms with Crippen LogP contribution in [0.1, 0.15) is 45.1 Å². The van der Waals surface area contributed by atoms with Gasteiger partial charge >= 0.3 is 0 Å². The minimum absolute atomic E-state index is 0.169. The smallest absolute Gasteiger partial charge is 0.225 e. The third-order valence-corrected chi connectivity index (χ3v) is 8.91. The molecular weight excluding hydrogens is 464 g/mol. The zero-order valence-corrected chi connectivity index (χ0v) is 22.5. The van der Waals surface area contributed by atoms with Gasteiger partial charge in [-0.1, -0.05) is 6.08 Å². The van der Waals surface area contributed by atoms with Crippen LogP contribution >= 0.6 is 0 Å². The number of ether oxygens (including phenoxy) is 1. The van der Waals surface area contributed by atoms with Crippen molar-refractivity contribution in [2.45, 2.75) is 51.2 Å². The van der Waals surface area contributed by atoms with Gasteiger partial charge in [-0.15, -0.1) is 0 Å². The predicted octanol–water partition coefficient (Wildman–Crippen LogP) is 3.26. The van der Waals surface area contributed by atoms with Crippen molar-refractivity contribution in [1.82, 2.24) is 19.4 Å². The average Bonchev–Trinajstić information content (AvgIpc) is 3.70. The van der Waals surface area contributed by atoms with Gasteiger partial charge in [-0.25, -0.2) is 4.52 Å². The van der Waals surface area contributed by atoms with Crippen LogP contribution in [-0.2, 0) is 9.53 Å². The zero-order valence-electron chi connectivity index (χ0n) is 22.5. The van der Waals surface area contributed by atoms with E-state index in [0.29, 0.717) is 17.9 Å². The first-order valence-electron chi connectivity index (χ1n) is 14.0. The van der Waals surface area contributed by atoms with Gasteiger partial charge in [0.1, 0.15) is 0 Å². The molecule has 2 aromatic heterocycles. The van der Waals surface area contributed by atoms with Gasteiger partial charge < -0.3 is 14.5 Å². The molecule has 1 unspecified atom stereocenters. The highest BCUT2D eigenvalue weighted by atomic mass is 16.5. The summed E-state index contributed by atoms with van der Waals surface area (Å²) in [6, 6.07) is 4.83.